The van der Waals surface area contributed by atoms with Gasteiger partial charge in [-0.25, -0.2) is 4.98 Å². The Morgan fingerprint density at radius 2 is 2.04 bits per heavy atom. The molecule has 0 spiro atoms. The Kier molecular flexibility index (Phi) is 5.98. The van der Waals surface area contributed by atoms with E-state index in [0.717, 1.165) is 30.2 Å². The summed E-state index contributed by atoms with van der Waals surface area (Å²) in [6.45, 7) is 9.26. The molecule has 1 aliphatic heterocycles. The fraction of sp³-hybridized carbons (Fsp3) is 0.474. The molecule has 1 aliphatic rings. The number of aromatic nitrogens is 3. The fourth-order valence-electron chi connectivity index (χ4n) is 3.45. The van der Waals surface area contributed by atoms with Crippen molar-refractivity contribution < 1.29 is 0 Å². The van der Waals surface area contributed by atoms with Crippen molar-refractivity contribution in [1.82, 2.24) is 20.3 Å². The fourth-order valence-corrected chi connectivity index (χ4v) is 3.61. The number of hydrogen-bond donors (Lipinski definition) is 2. The lowest BCUT2D eigenvalue weighted by Gasteiger charge is -2.36. The van der Waals surface area contributed by atoms with Crippen molar-refractivity contribution in [2.24, 2.45) is 11.8 Å². The van der Waals surface area contributed by atoms with Crippen LogP contribution in [0, 0.1) is 18.8 Å². The zero-order valence-electron chi connectivity index (χ0n) is 15.6. The number of hydrogen-bond acceptors (Lipinski definition) is 5. The Balaban J connectivity index is 1.64. The summed E-state index contributed by atoms with van der Waals surface area (Å²) in [7, 11) is 0. The van der Waals surface area contributed by atoms with Gasteiger partial charge in [0, 0.05) is 43.8 Å². The Hall–Kier alpha value is -2.28. The number of nitrogens with zero attached hydrogens (tertiary/aromatic N) is 4. The highest BCUT2D eigenvalue weighted by Gasteiger charge is 2.23. The van der Waals surface area contributed by atoms with E-state index in [4.69, 9.17) is 12.2 Å². The van der Waals surface area contributed by atoms with Gasteiger partial charge in [-0.15, -0.1) is 0 Å². The molecule has 1 fully saturated rings. The van der Waals surface area contributed by atoms with Crippen LogP contribution in [0.1, 0.15) is 31.5 Å². The molecule has 0 saturated carbocycles. The maximum atomic E-state index is 5.38. The van der Waals surface area contributed by atoms with E-state index in [0.29, 0.717) is 29.4 Å². The van der Waals surface area contributed by atoms with Crippen LogP contribution in [0.2, 0.25) is 0 Å². The van der Waals surface area contributed by atoms with Gasteiger partial charge in [0.2, 0.25) is 5.95 Å². The summed E-state index contributed by atoms with van der Waals surface area (Å²) in [4.78, 5) is 15.6. The topological polar surface area (TPSA) is 66.0 Å². The van der Waals surface area contributed by atoms with Crippen LogP contribution in [0.5, 0.6) is 0 Å². The van der Waals surface area contributed by atoms with Gasteiger partial charge in [-0.3, -0.25) is 4.98 Å². The number of aryl methyl sites for hydroxylation is 1. The Morgan fingerprint density at radius 3 is 2.73 bits per heavy atom. The standard InChI is InChI=1S/C19H26N6S/c1-13-7-14(2)12-25(11-13)17-8-15(3)22-18(23-17)24-19(26)21-10-16-5-4-6-20-9-16/h4-6,8-9,13-14H,7,10-12H2,1-3H3,(H2,21,22,23,24,26)/t13-,14-/m0/s1. The van der Waals surface area contributed by atoms with E-state index in [1.807, 2.05) is 31.3 Å². The van der Waals surface area contributed by atoms with Crippen molar-refractivity contribution in [3.8, 4) is 0 Å². The number of anilines is 2. The monoisotopic (exact) mass is 370 g/mol. The average molecular weight is 371 g/mol. The molecule has 2 aromatic heterocycles. The molecule has 7 heteroatoms. The second-order valence-electron chi connectivity index (χ2n) is 7.21. The molecule has 0 amide bonds. The number of thiocarbonyl (C=S) groups is 1. The van der Waals surface area contributed by atoms with Crippen LogP contribution < -0.4 is 15.5 Å². The molecule has 0 aliphatic carbocycles. The van der Waals surface area contributed by atoms with Gasteiger partial charge in [-0.1, -0.05) is 19.9 Å². The lowest BCUT2D eigenvalue weighted by molar-refractivity contribution is 0.355. The molecule has 2 atom stereocenters. The first-order chi connectivity index (χ1) is 12.5. The Labute approximate surface area is 160 Å². The molecule has 2 N–H and O–H groups in total. The predicted molar refractivity (Wildman–Crippen MR) is 109 cm³/mol. The van der Waals surface area contributed by atoms with Gasteiger partial charge >= 0.3 is 0 Å². The minimum absolute atomic E-state index is 0.505. The van der Waals surface area contributed by atoms with E-state index < -0.39 is 0 Å². The smallest absolute Gasteiger partial charge is 0.231 e. The normalized spacial score (nSPS) is 19.9. The highest BCUT2D eigenvalue weighted by molar-refractivity contribution is 7.80. The van der Waals surface area contributed by atoms with E-state index >= 15 is 0 Å². The summed E-state index contributed by atoms with van der Waals surface area (Å²) in [5, 5.41) is 6.78. The highest BCUT2D eigenvalue weighted by atomic mass is 32.1. The molecule has 138 valence electrons. The maximum absolute atomic E-state index is 5.38. The summed E-state index contributed by atoms with van der Waals surface area (Å²) in [6, 6.07) is 5.95. The van der Waals surface area contributed by atoms with Gasteiger partial charge in [0.25, 0.3) is 0 Å². The summed E-state index contributed by atoms with van der Waals surface area (Å²) in [5.41, 5.74) is 2.00. The zero-order chi connectivity index (χ0) is 18.5. The van der Waals surface area contributed by atoms with Crippen molar-refractivity contribution >= 4 is 29.1 Å². The van der Waals surface area contributed by atoms with Crippen molar-refractivity contribution in [2.45, 2.75) is 33.7 Å². The molecular weight excluding hydrogens is 344 g/mol. The molecule has 0 bridgehead atoms. The molecular formula is C19H26N6S. The summed E-state index contributed by atoms with van der Waals surface area (Å²) in [5.74, 6) is 2.85. The van der Waals surface area contributed by atoms with Gasteiger partial charge in [0.15, 0.2) is 5.11 Å². The molecule has 26 heavy (non-hydrogen) atoms. The lowest BCUT2D eigenvalue weighted by Crippen LogP contribution is -2.39. The van der Waals surface area contributed by atoms with Crippen molar-refractivity contribution in [1.29, 1.82) is 0 Å². The van der Waals surface area contributed by atoms with E-state index in [2.05, 4.69) is 44.3 Å². The summed E-state index contributed by atoms with van der Waals surface area (Å²) < 4.78 is 0. The summed E-state index contributed by atoms with van der Waals surface area (Å²) in [6.07, 6.45) is 4.84. The second-order valence-corrected chi connectivity index (χ2v) is 7.62. The Bertz CT molecular complexity index is 741. The van der Waals surface area contributed by atoms with Gasteiger partial charge in [-0.05, 0) is 49.0 Å². The molecule has 1 saturated heterocycles. The van der Waals surface area contributed by atoms with E-state index in [1.165, 1.54) is 6.42 Å². The zero-order valence-corrected chi connectivity index (χ0v) is 16.4. The second kappa shape index (κ2) is 8.40. The molecule has 3 rings (SSSR count). The van der Waals surface area contributed by atoms with Gasteiger partial charge in [0.05, 0.1) is 0 Å². The van der Waals surface area contributed by atoms with Crippen LogP contribution in [0.15, 0.2) is 30.6 Å². The molecule has 6 nitrogen and oxygen atoms in total. The predicted octanol–water partition coefficient (Wildman–Crippen LogP) is 3.15. The van der Waals surface area contributed by atoms with Crippen molar-refractivity contribution in [3.05, 3.63) is 41.9 Å². The third-order valence-corrected chi connectivity index (χ3v) is 4.68. The van der Waals surface area contributed by atoms with Crippen LogP contribution in [0.25, 0.3) is 0 Å². The maximum Gasteiger partial charge on any atom is 0.231 e. The van der Waals surface area contributed by atoms with Crippen LogP contribution in [0.3, 0.4) is 0 Å². The largest absolute Gasteiger partial charge is 0.358 e. The van der Waals surface area contributed by atoms with Crippen molar-refractivity contribution in [2.75, 3.05) is 23.3 Å². The van der Waals surface area contributed by atoms with Crippen LogP contribution in [0.4, 0.5) is 11.8 Å². The molecule has 2 aromatic rings. The SMILES string of the molecule is Cc1cc(N2C[C@@H](C)C[C@H](C)C2)nc(NC(=S)NCc2cccnc2)n1. The van der Waals surface area contributed by atoms with Crippen molar-refractivity contribution in [3.63, 3.8) is 0 Å². The molecule has 0 radical (unpaired) electrons. The number of nitrogens with one attached hydrogen (secondary N) is 2. The molecule has 0 unspecified atom stereocenters. The van der Waals surface area contributed by atoms with Crippen LogP contribution in [-0.2, 0) is 6.54 Å². The van der Waals surface area contributed by atoms with E-state index in [-0.39, 0.29) is 0 Å². The van der Waals surface area contributed by atoms with Crippen LogP contribution >= 0.6 is 12.2 Å². The minimum atomic E-state index is 0.505. The average Bonchev–Trinajstić information content (AvgIpc) is 2.59. The quantitative estimate of drug-likeness (QED) is 0.802. The first-order valence-electron chi connectivity index (χ1n) is 9.04. The number of piperidine rings is 1. The lowest BCUT2D eigenvalue weighted by atomic mass is 9.92. The third-order valence-electron chi connectivity index (χ3n) is 4.43. The van der Waals surface area contributed by atoms with Gasteiger partial charge in [0.1, 0.15) is 5.82 Å². The minimum Gasteiger partial charge on any atom is -0.358 e. The van der Waals surface area contributed by atoms with E-state index in [1.54, 1.807) is 6.20 Å². The highest BCUT2D eigenvalue weighted by Crippen LogP contribution is 2.25. The summed E-state index contributed by atoms with van der Waals surface area (Å²) >= 11 is 5.38. The van der Waals surface area contributed by atoms with Crippen LogP contribution in [-0.4, -0.2) is 33.2 Å². The number of pyridine rings is 1. The third kappa shape index (κ3) is 5.11. The first kappa shape index (κ1) is 18.5. The van der Waals surface area contributed by atoms with Gasteiger partial charge in [-0.2, -0.15) is 4.98 Å². The number of rotatable bonds is 4. The first-order valence-corrected chi connectivity index (χ1v) is 9.45. The molecule has 0 aromatic carbocycles. The van der Waals surface area contributed by atoms with Gasteiger partial charge < -0.3 is 15.5 Å². The van der Waals surface area contributed by atoms with E-state index in [9.17, 15) is 0 Å². The Morgan fingerprint density at radius 1 is 1.27 bits per heavy atom. The molecule has 3 heterocycles.